The highest BCUT2D eigenvalue weighted by atomic mass is 16.3. The summed E-state index contributed by atoms with van der Waals surface area (Å²) >= 11 is 0. The minimum absolute atomic E-state index is 0.151. The Kier molecular flexibility index (Phi) is 3.75. The molecule has 0 aromatic carbocycles. The van der Waals surface area contributed by atoms with Gasteiger partial charge in [0.15, 0.2) is 0 Å². The first kappa shape index (κ1) is 12.8. The van der Waals surface area contributed by atoms with E-state index in [0.717, 1.165) is 11.5 Å². The Morgan fingerprint density at radius 1 is 1.50 bits per heavy atom. The Labute approximate surface area is 96.2 Å². The fourth-order valence-corrected chi connectivity index (χ4v) is 1.26. The lowest BCUT2D eigenvalue weighted by Crippen LogP contribution is -2.48. The van der Waals surface area contributed by atoms with E-state index in [1.165, 1.54) is 0 Å². The summed E-state index contributed by atoms with van der Waals surface area (Å²) in [5.41, 5.74) is 5.59. The predicted molar refractivity (Wildman–Crippen MR) is 62.7 cm³/mol. The number of aryl methyl sites for hydroxylation is 1. The summed E-state index contributed by atoms with van der Waals surface area (Å²) in [6.45, 7) is 8.07. The van der Waals surface area contributed by atoms with Crippen molar-refractivity contribution in [1.29, 1.82) is 0 Å². The average molecular weight is 224 g/mol. The molecule has 1 heterocycles. The summed E-state index contributed by atoms with van der Waals surface area (Å²) in [6.07, 6.45) is 0. The van der Waals surface area contributed by atoms with Crippen molar-refractivity contribution in [3.05, 3.63) is 23.7 Å². The van der Waals surface area contributed by atoms with Crippen molar-refractivity contribution in [2.75, 3.05) is 0 Å². The highest BCUT2D eigenvalue weighted by molar-refractivity contribution is 5.82. The molecular weight excluding hydrogens is 204 g/mol. The zero-order valence-corrected chi connectivity index (χ0v) is 10.3. The van der Waals surface area contributed by atoms with Gasteiger partial charge in [-0.25, -0.2) is 0 Å². The normalized spacial score (nSPS) is 13.6. The Bertz CT molecular complexity index is 363. The summed E-state index contributed by atoms with van der Waals surface area (Å²) in [5, 5.41) is 2.76. The lowest BCUT2D eigenvalue weighted by molar-refractivity contribution is -0.124. The first-order valence-corrected chi connectivity index (χ1v) is 5.39. The number of carbonyl (C=O) groups is 1. The van der Waals surface area contributed by atoms with E-state index in [1.807, 2.05) is 39.8 Å². The number of carbonyl (C=O) groups excluding carboxylic acids is 1. The number of amides is 1. The van der Waals surface area contributed by atoms with E-state index in [1.54, 1.807) is 0 Å². The lowest BCUT2D eigenvalue weighted by Gasteiger charge is -2.25. The van der Waals surface area contributed by atoms with Crippen molar-refractivity contribution in [2.45, 2.75) is 40.3 Å². The van der Waals surface area contributed by atoms with E-state index in [4.69, 9.17) is 10.2 Å². The van der Waals surface area contributed by atoms with Crippen molar-refractivity contribution >= 4 is 5.91 Å². The van der Waals surface area contributed by atoms with Crippen LogP contribution in [0.3, 0.4) is 0 Å². The maximum absolute atomic E-state index is 11.7. The second kappa shape index (κ2) is 4.70. The van der Waals surface area contributed by atoms with Crippen LogP contribution < -0.4 is 11.1 Å². The standard InChI is InChI=1S/C12H20N2O2/c1-8-5-6-9(16-8)7-14-11(15)10(13)12(2,3)4/h5-6,10H,7,13H2,1-4H3,(H,14,15). The van der Waals surface area contributed by atoms with Gasteiger partial charge in [-0.15, -0.1) is 0 Å². The first-order chi connectivity index (χ1) is 7.30. The molecule has 90 valence electrons. The van der Waals surface area contributed by atoms with Gasteiger partial charge in [-0.05, 0) is 24.5 Å². The monoisotopic (exact) mass is 224 g/mol. The van der Waals surface area contributed by atoms with Gasteiger partial charge in [-0.3, -0.25) is 4.79 Å². The van der Waals surface area contributed by atoms with Crippen LogP contribution in [0.4, 0.5) is 0 Å². The van der Waals surface area contributed by atoms with E-state index in [9.17, 15) is 4.79 Å². The molecule has 1 unspecified atom stereocenters. The molecule has 0 aliphatic rings. The van der Waals surface area contributed by atoms with Crippen LogP contribution in [0.2, 0.25) is 0 Å². The average Bonchev–Trinajstić information content (AvgIpc) is 2.58. The first-order valence-electron chi connectivity index (χ1n) is 5.39. The predicted octanol–water partition coefficient (Wildman–Crippen LogP) is 1.58. The Morgan fingerprint density at radius 3 is 2.56 bits per heavy atom. The Hall–Kier alpha value is -1.29. The Balaban J connectivity index is 2.47. The number of rotatable bonds is 3. The minimum Gasteiger partial charge on any atom is -0.465 e. The summed E-state index contributed by atoms with van der Waals surface area (Å²) in [6, 6.07) is 3.20. The fourth-order valence-electron chi connectivity index (χ4n) is 1.26. The van der Waals surface area contributed by atoms with Gasteiger partial charge < -0.3 is 15.5 Å². The third kappa shape index (κ3) is 3.38. The van der Waals surface area contributed by atoms with Crippen LogP contribution in [0.1, 0.15) is 32.3 Å². The topological polar surface area (TPSA) is 68.3 Å². The van der Waals surface area contributed by atoms with Gasteiger partial charge in [0.1, 0.15) is 11.5 Å². The third-order valence-corrected chi connectivity index (χ3v) is 2.45. The molecule has 0 aliphatic heterocycles. The SMILES string of the molecule is Cc1ccc(CNC(=O)C(N)C(C)(C)C)o1. The molecule has 3 N–H and O–H groups in total. The molecule has 0 spiro atoms. The molecular formula is C12H20N2O2. The van der Waals surface area contributed by atoms with Crippen LogP contribution in [-0.4, -0.2) is 11.9 Å². The Morgan fingerprint density at radius 2 is 2.12 bits per heavy atom. The summed E-state index contributed by atoms with van der Waals surface area (Å²) in [5.74, 6) is 1.43. The van der Waals surface area contributed by atoms with E-state index < -0.39 is 6.04 Å². The van der Waals surface area contributed by atoms with Crippen LogP contribution >= 0.6 is 0 Å². The molecule has 16 heavy (non-hydrogen) atoms. The molecule has 0 radical (unpaired) electrons. The summed E-state index contributed by atoms with van der Waals surface area (Å²) < 4.78 is 5.34. The van der Waals surface area contributed by atoms with Crippen LogP contribution in [0.25, 0.3) is 0 Å². The number of hydrogen-bond donors (Lipinski definition) is 2. The van der Waals surface area contributed by atoms with Gasteiger partial charge in [0.2, 0.25) is 5.91 Å². The molecule has 1 atom stereocenters. The van der Waals surface area contributed by atoms with Crippen LogP contribution in [-0.2, 0) is 11.3 Å². The van der Waals surface area contributed by atoms with E-state index in [2.05, 4.69) is 5.32 Å². The molecule has 0 saturated carbocycles. The zero-order chi connectivity index (χ0) is 12.3. The molecule has 4 heteroatoms. The number of nitrogens with one attached hydrogen (secondary N) is 1. The van der Waals surface area contributed by atoms with Crippen molar-refractivity contribution in [3.8, 4) is 0 Å². The molecule has 0 fully saturated rings. The van der Waals surface area contributed by atoms with Gasteiger partial charge in [0, 0.05) is 0 Å². The minimum atomic E-state index is -0.511. The zero-order valence-electron chi connectivity index (χ0n) is 10.3. The van der Waals surface area contributed by atoms with Gasteiger partial charge in [-0.1, -0.05) is 20.8 Å². The molecule has 4 nitrogen and oxygen atoms in total. The number of nitrogens with two attached hydrogens (primary N) is 1. The van der Waals surface area contributed by atoms with Crippen molar-refractivity contribution in [2.24, 2.45) is 11.1 Å². The largest absolute Gasteiger partial charge is 0.465 e. The molecule has 0 saturated heterocycles. The van der Waals surface area contributed by atoms with Crippen molar-refractivity contribution in [3.63, 3.8) is 0 Å². The number of hydrogen-bond acceptors (Lipinski definition) is 3. The van der Waals surface area contributed by atoms with Gasteiger partial charge in [0.25, 0.3) is 0 Å². The molecule has 1 amide bonds. The van der Waals surface area contributed by atoms with E-state index in [0.29, 0.717) is 6.54 Å². The van der Waals surface area contributed by atoms with Crippen LogP contribution in [0, 0.1) is 12.3 Å². The smallest absolute Gasteiger partial charge is 0.237 e. The summed E-state index contributed by atoms with van der Waals surface area (Å²) in [4.78, 5) is 11.7. The molecule has 0 bridgehead atoms. The van der Waals surface area contributed by atoms with Gasteiger partial charge in [0.05, 0.1) is 12.6 Å². The fraction of sp³-hybridized carbons (Fsp3) is 0.583. The second-order valence-electron chi connectivity index (χ2n) is 5.07. The maximum atomic E-state index is 11.7. The highest BCUT2D eigenvalue weighted by Gasteiger charge is 2.27. The number of furan rings is 1. The molecule has 1 rings (SSSR count). The summed E-state index contributed by atoms with van der Waals surface area (Å²) in [7, 11) is 0. The van der Waals surface area contributed by atoms with E-state index in [-0.39, 0.29) is 11.3 Å². The van der Waals surface area contributed by atoms with Crippen molar-refractivity contribution < 1.29 is 9.21 Å². The lowest BCUT2D eigenvalue weighted by atomic mass is 9.87. The second-order valence-corrected chi connectivity index (χ2v) is 5.07. The quantitative estimate of drug-likeness (QED) is 0.819. The third-order valence-electron chi connectivity index (χ3n) is 2.45. The van der Waals surface area contributed by atoms with E-state index >= 15 is 0 Å². The van der Waals surface area contributed by atoms with Crippen molar-refractivity contribution in [1.82, 2.24) is 5.32 Å². The highest BCUT2D eigenvalue weighted by Crippen LogP contribution is 2.17. The molecule has 0 aliphatic carbocycles. The molecule has 1 aromatic heterocycles. The molecule has 1 aromatic rings. The van der Waals surface area contributed by atoms with Gasteiger partial charge in [-0.2, -0.15) is 0 Å². The van der Waals surface area contributed by atoms with Gasteiger partial charge >= 0.3 is 0 Å². The van der Waals surface area contributed by atoms with Crippen LogP contribution in [0.15, 0.2) is 16.5 Å². The maximum Gasteiger partial charge on any atom is 0.237 e. The van der Waals surface area contributed by atoms with Crippen LogP contribution in [0.5, 0.6) is 0 Å².